The van der Waals surface area contributed by atoms with Crippen molar-refractivity contribution in [2.24, 2.45) is 5.92 Å². The number of halogens is 1. The summed E-state index contributed by atoms with van der Waals surface area (Å²) >= 11 is 0. The SMILES string of the molecule is CC[C@@H]1c2c(C#N)ncn2-c2cnc(Nc3cc(F)c(C(=O)NC4CN(C5CCN(CC6CC6)CC5)C4)cc3OC)nc2N1C(C)C. The van der Waals surface area contributed by atoms with E-state index in [4.69, 9.17) is 9.72 Å². The summed E-state index contributed by atoms with van der Waals surface area (Å²) < 4.78 is 22.9. The zero-order valence-corrected chi connectivity index (χ0v) is 27.5. The van der Waals surface area contributed by atoms with Gasteiger partial charge in [0.05, 0.1) is 42.3 Å². The molecule has 1 aliphatic carbocycles. The first-order chi connectivity index (χ1) is 22.8. The highest BCUT2D eigenvalue weighted by atomic mass is 19.1. The Morgan fingerprint density at radius 2 is 1.94 bits per heavy atom. The van der Waals surface area contributed by atoms with Gasteiger partial charge in [0.1, 0.15) is 29.7 Å². The minimum atomic E-state index is -0.662. The summed E-state index contributed by atoms with van der Waals surface area (Å²) in [6, 6.07) is 5.39. The van der Waals surface area contributed by atoms with Gasteiger partial charge in [-0.05, 0) is 71.0 Å². The summed E-state index contributed by atoms with van der Waals surface area (Å²) in [7, 11) is 1.48. The normalized spacial score (nSPS) is 20.4. The van der Waals surface area contributed by atoms with Gasteiger partial charge in [0.15, 0.2) is 11.5 Å². The molecule has 2 saturated heterocycles. The van der Waals surface area contributed by atoms with E-state index in [1.165, 1.54) is 51.5 Å². The number of anilines is 3. The first-order valence-corrected chi connectivity index (χ1v) is 16.8. The molecule has 2 aromatic heterocycles. The molecule has 1 atom stereocenters. The summed E-state index contributed by atoms with van der Waals surface area (Å²) in [6.45, 7) is 11.3. The molecule has 248 valence electrons. The second kappa shape index (κ2) is 12.7. The highest BCUT2D eigenvalue weighted by Gasteiger charge is 2.38. The molecule has 2 N–H and O–H groups in total. The number of benzene rings is 1. The number of nitrogens with one attached hydrogen (secondary N) is 2. The van der Waals surface area contributed by atoms with Crippen molar-refractivity contribution in [2.45, 2.75) is 77.0 Å². The van der Waals surface area contributed by atoms with Gasteiger partial charge in [-0.25, -0.2) is 14.4 Å². The molecule has 7 rings (SSSR count). The van der Waals surface area contributed by atoms with E-state index in [9.17, 15) is 10.1 Å². The predicted molar refractivity (Wildman–Crippen MR) is 176 cm³/mol. The molecular formula is C34H43FN10O2. The number of amides is 1. The Morgan fingerprint density at radius 1 is 1.17 bits per heavy atom. The molecule has 0 unspecified atom stereocenters. The number of hydrogen-bond donors (Lipinski definition) is 2. The van der Waals surface area contributed by atoms with Crippen molar-refractivity contribution < 1.29 is 13.9 Å². The number of carbonyl (C=O) groups is 1. The van der Waals surface area contributed by atoms with E-state index in [-0.39, 0.29) is 29.6 Å². The summed E-state index contributed by atoms with van der Waals surface area (Å²) in [6.07, 6.45) is 9.16. The fourth-order valence-corrected chi connectivity index (χ4v) is 7.43. The van der Waals surface area contributed by atoms with Gasteiger partial charge in [-0.2, -0.15) is 10.2 Å². The van der Waals surface area contributed by atoms with E-state index in [0.717, 1.165) is 44.2 Å². The first-order valence-electron chi connectivity index (χ1n) is 16.8. The van der Waals surface area contributed by atoms with Crippen LogP contribution in [0.2, 0.25) is 0 Å². The van der Waals surface area contributed by atoms with Crippen LogP contribution in [0.15, 0.2) is 24.7 Å². The van der Waals surface area contributed by atoms with Crippen molar-refractivity contribution in [1.82, 2.24) is 34.6 Å². The van der Waals surface area contributed by atoms with Crippen molar-refractivity contribution >= 4 is 23.4 Å². The van der Waals surface area contributed by atoms with Gasteiger partial charge in [-0.3, -0.25) is 14.3 Å². The number of methoxy groups -OCH3 is 1. The van der Waals surface area contributed by atoms with Gasteiger partial charge in [0, 0.05) is 37.8 Å². The van der Waals surface area contributed by atoms with Gasteiger partial charge in [-0.15, -0.1) is 0 Å². The smallest absolute Gasteiger partial charge is 0.254 e. The monoisotopic (exact) mass is 642 g/mol. The third-order valence-electron chi connectivity index (χ3n) is 10.1. The van der Waals surface area contributed by atoms with Crippen LogP contribution in [0.3, 0.4) is 0 Å². The van der Waals surface area contributed by atoms with Crippen LogP contribution >= 0.6 is 0 Å². The second-order valence-electron chi connectivity index (χ2n) is 13.5. The van der Waals surface area contributed by atoms with E-state index >= 15 is 4.39 Å². The van der Waals surface area contributed by atoms with Crippen molar-refractivity contribution in [2.75, 3.05) is 50.1 Å². The number of ether oxygens (including phenoxy) is 1. The summed E-state index contributed by atoms with van der Waals surface area (Å²) in [5, 5.41) is 15.8. The summed E-state index contributed by atoms with van der Waals surface area (Å²) in [5.74, 6) is 1.03. The van der Waals surface area contributed by atoms with Crippen LogP contribution in [-0.4, -0.2) is 93.2 Å². The Hall–Kier alpha value is -4.28. The Bertz CT molecular complexity index is 1680. The number of rotatable bonds is 10. The Morgan fingerprint density at radius 3 is 2.60 bits per heavy atom. The number of nitrogens with zero attached hydrogens (tertiary/aromatic N) is 8. The summed E-state index contributed by atoms with van der Waals surface area (Å²) in [4.78, 5) is 34.0. The van der Waals surface area contributed by atoms with E-state index in [1.54, 1.807) is 12.5 Å². The lowest BCUT2D eigenvalue weighted by molar-refractivity contribution is 0.0344. The molecule has 3 aliphatic heterocycles. The van der Waals surface area contributed by atoms with Crippen molar-refractivity contribution in [3.05, 3.63) is 47.4 Å². The third kappa shape index (κ3) is 6.00. The van der Waals surface area contributed by atoms with Crippen molar-refractivity contribution in [1.29, 1.82) is 5.26 Å². The second-order valence-corrected chi connectivity index (χ2v) is 13.5. The van der Waals surface area contributed by atoms with Crippen LogP contribution in [-0.2, 0) is 0 Å². The lowest BCUT2D eigenvalue weighted by Crippen LogP contribution is -2.63. The number of hydrogen-bond acceptors (Lipinski definition) is 10. The van der Waals surface area contributed by atoms with Crippen LogP contribution in [0.5, 0.6) is 5.75 Å². The minimum Gasteiger partial charge on any atom is -0.495 e. The molecule has 0 spiro atoms. The quantitative estimate of drug-likeness (QED) is 0.329. The molecule has 5 heterocycles. The van der Waals surface area contributed by atoms with Crippen LogP contribution in [0.4, 0.5) is 21.8 Å². The van der Waals surface area contributed by atoms with Gasteiger partial charge in [0.2, 0.25) is 5.95 Å². The van der Waals surface area contributed by atoms with Crippen LogP contribution in [0.25, 0.3) is 5.69 Å². The van der Waals surface area contributed by atoms with E-state index in [1.807, 2.05) is 4.57 Å². The van der Waals surface area contributed by atoms with E-state index in [0.29, 0.717) is 34.7 Å². The Kier molecular flexibility index (Phi) is 8.48. The number of aromatic nitrogens is 4. The van der Waals surface area contributed by atoms with Crippen LogP contribution < -0.4 is 20.3 Å². The van der Waals surface area contributed by atoms with Crippen molar-refractivity contribution in [3.63, 3.8) is 0 Å². The average molecular weight is 643 g/mol. The lowest BCUT2D eigenvalue weighted by atomic mass is 9.97. The molecule has 1 aromatic carbocycles. The number of nitriles is 1. The fourth-order valence-electron chi connectivity index (χ4n) is 7.43. The Labute approximate surface area is 274 Å². The number of fused-ring (bicyclic) bond motifs is 3. The highest BCUT2D eigenvalue weighted by molar-refractivity contribution is 5.96. The largest absolute Gasteiger partial charge is 0.495 e. The maximum absolute atomic E-state index is 15.5. The van der Waals surface area contributed by atoms with E-state index in [2.05, 4.69) is 62.1 Å². The molecule has 1 amide bonds. The summed E-state index contributed by atoms with van der Waals surface area (Å²) in [5.41, 5.74) is 2.14. The zero-order chi connectivity index (χ0) is 32.8. The maximum atomic E-state index is 15.5. The first kappa shape index (κ1) is 31.3. The highest BCUT2D eigenvalue weighted by Crippen LogP contribution is 2.42. The molecule has 47 heavy (non-hydrogen) atoms. The number of likely N-dealkylation sites (tertiary alicyclic amines) is 2. The fraction of sp³-hybridized carbons (Fsp3) is 0.559. The number of piperidine rings is 1. The van der Waals surface area contributed by atoms with Gasteiger partial charge < -0.3 is 25.2 Å². The molecule has 0 radical (unpaired) electrons. The number of imidazole rings is 1. The van der Waals surface area contributed by atoms with Crippen LogP contribution in [0.1, 0.15) is 80.7 Å². The maximum Gasteiger partial charge on any atom is 0.254 e. The topological polar surface area (TPSA) is 127 Å². The van der Waals surface area contributed by atoms with Crippen LogP contribution in [0, 0.1) is 23.1 Å². The average Bonchev–Trinajstić information content (AvgIpc) is 3.76. The van der Waals surface area contributed by atoms with Gasteiger partial charge >= 0.3 is 0 Å². The van der Waals surface area contributed by atoms with Gasteiger partial charge in [0.25, 0.3) is 5.91 Å². The lowest BCUT2D eigenvalue weighted by Gasteiger charge is -2.47. The standard InChI is InChI=1S/C34H43FN10O2/c1-5-28-31-27(14-36)38-19-44(31)29-15-37-34(41-32(29)45(28)20(2)3)40-26-13-25(35)24(12-30(26)47-4)33(46)39-22-17-43(18-22)23-8-10-42(11-9-23)16-21-6-7-21/h12-13,15,19-23,28H,5-11,16-18H2,1-4H3,(H,39,46)(H,37,40,41)/t28-/m1/s1. The minimum absolute atomic E-state index is 0.00446. The van der Waals surface area contributed by atoms with Crippen molar-refractivity contribution in [3.8, 4) is 17.5 Å². The molecule has 0 bridgehead atoms. The van der Waals surface area contributed by atoms with Gasteiger partial charge in [-0.1, -0.05) is 6.92 Å². The third-order valence-corrected chi connectivity index (χ3v) is 10.1. The molecule has 3 aromatic rings. The molecule has 13 heteroatoms. The molecule has 3 fully saturated rings. The molecule has 12 nitrogen and oxygen atoms in total. The number of carbonyl (C=O) groups excluding carboxylic acids is 1. The molecule has 1 saturated carbocycles. The van der Waals surface area contributed by atoms with E-state index < -0.39 is 11.7 Å². The molecular weight excluding hydrogens is 599 g/mol. The zero-order valence-electron chi connectivity index (χ0n) is 27.5. The Balaban J connectivity index is 1.03. The molecule has 4 aliphatic rings. The predicted octanol–water partition coefficient (Wildman–Crippen LogP) is 4.39.